The predicted octanol–water partition coefficient (Wildman–Crippen LogP) is 3.46. The van der Waals surface area contributed by atoms with Crippen LogP contribution in [0, 0.1) is 0 Å². The number of amides is 2. The van der Waals surface area contributed by atoms with Crippen LogP contribution in [0.25, 0.3) is 0 Å². The van der Waals surface area contributed by atoms with E-state index < -0.39 is 33.2 Å². The van der Waals surface area contributed by atoms with Crippen LogP contribution in [0.2, 0.25) is 0 Å². The highest BCUT2D eigenvalue weighted by Crippen LogP contribution is 2.43. The minimum absolute atomic E-state index is 0.00156. The number of thioether (sulfide) groups is 1. The van der Waals surface area contributed by atoms with Crippen molar-refractivity contribution >= 4 is 50.9 Å². The molecule has 0 saturated carbocycles. The molecule has 0 radical (unpaired) electrons. The Balaban J connectivity index is 1.99. The summed E-state index contributed by atoms with van der Waals surface area (Å²) >= 11 is 1.53. The second-order valence-corrected chi connectivity index (χ2v) is 11.8. The van der Waals surface area contributed by atoms with Crippen molar-refractivity contribution in [2.75, 3.05) is 28.6 Å². The normalized spacial score (nSPS) is 15.4. The second kappa shape index (κ2) is 9.56. The second-order valence-electron chi connectivity index (χ2n) is 8.18. The molecule has 0 aliphatic carbocycles. The van der Waals surface area contributed by atoms with E-state index in [9.17, 15) is 22.8 Å². The number of fused-ring (bicyclic) bond motifs is 1. The average molecular weight is 491 g/mol. The largest absolute Gasteiger partial charge is 0.462 e. The number of esters is 1. The third-order valence-electron chi connectivity index (χ3n) is 4.86. The van der Waals surface area contributed by atoms with Gasteiger partial charge in [0, 0.05) is 16.1 Å². The maximum atomic E-state index is 13.3. The monoisotopic (exact) mass is 490 g/mol. The van der Waals surface area contributed by atoms with Gasteiger partial charge in [0.25, 0.3) is 5.91 Å². The van der Waals surface area contributed by atoms with E-state index in [2.05, 4.69) is 0 Å². The number of hydrogen-bond acceptors (Lipinski definition) is 7. The van der Waals surface area contributed by atoms with Crippen LogP contribution in [-0.2, 0) is 24.3 Å². The Morgan fingerprint density at radius 3 is 2.52 bits per heavy atom. The number of ether oxygens (including phenoxy) is 1. The van der Waals surface area contributed by atoms with Gasteiger partial charge in [0.1, 0.15) is 6.54 Å². The number of hydrogen-bond donors (Lipinski definition) is 0. The number of nitrogens with zero attached hydrogens (tertiary/aromatic N) is 2. The van der Waals surface area contributed by atoms with Gasteiger partial charge < -0.3 is 9.64 Å². The van der Waals surface area contributed by atoms with Crippen LogP contribution in [0.1, 0.15) is 37.6 Å². The molecule has 1 aliphatic rings. The van der Waals surface area contributed by atoms with E-state index in [1.54, 1.807) is 19.1 Å². The summed E-state index contributed by atoms with van der Waals surface area (Å²) in [6, 6.07) is 12.9. The zero-order valence-corrected chi connectivity index (χ0v) is 20.5. The molecule has 0 N–H and O–H groups in total. The van der Waals surface area contributed by atoms with Gasteiger partial charge in [-0.05, 0) is 51.1 Å². The fraction of sp³-hybridized carbons (Fsp3) is 0.348. The van der Waals surface area contributed by atoms with Gasteiger partial charge in [-0.15, -0.1) is 11.8 Å². The highest BCUT2D eigenvalue weighted by atomic mass is 32.2. The van der Waals surface area contributed by atoms with Gasteiger partial charge >= 0.3 is 5.97 Å². The Labute approximate surface area is 197 Å². The van der Waals surface area contributed by atoms with E-state index in [0.717, 1.165) is 11.2 Å². The van der Waals surface area contributed by atoms with Gasteiger partial charge in [0.05, 0.1) is 29.8 Å². The zero-order valence-electron chi connectivity index (χ0n) is 18.9. The Hall–Kier alpha value is -2.85. The molecule has 0 spiro atoms. The number of sulfonamides is 1. The molecule has 2 aromatic rings. The fourth-order valence-corrected chi connectivity index (χ4v) is 5.71. The number of carbonyl (C=O) groups excluding carboxylic acids is 3. The molecule has 10 heteroatoms. The maximum Gasteiger partial charge on any atom is 0.338 e. The molecule has 2 aromatic carbocycles. The van der Waals surface area contributed by atoms with Gasteiger partial charge in [-0.25, -0.2) is 17.5 Å². The summed E-state index contributed by atoms with van der Waals surface area (Å²) in [6.07, 6.45) is 1.08. The third-order valence-corrected chi connectivity index (χ3v) is 7.20. The number of anilines is 2. The van der Waals surface area contributed by atoms with E-state index in [0.29, 0.717) is 9.99 Å². The topological polar surface area (TPSA) is 101 Å². The molecule has 1 aliphatic heterocycles. The molecule has 0 bridgehead atoms. The SMILES string of the molecule is CCOC(=O)c1cccc(N(C(=O)CN2C(=O)CC(C)(C)Sc3ccccc32)S(C)(=O)=O)c1. The Kier molecular flexibility index (Phi) is 7.18. The van der Waals surface area contributed by atoms with Crippen molar-refractivity contribution in [2.45, 2.75) is 36.8 Å². The van der Waals surface area contributed by atoms with E-state index in [1.807, 2.05) is 26.0 Å². The van der Waals surface area contributed by atoms with Crippen molar-refractivity contribution in [3.8, 4) is 0 Å². The molecular formula is C23H26N2O6S2. The van der Waals surface area contributed by atoms with Gasteiger partial charge in [-0.1, -0.05) is 18.2 Å². The molecule has 0 atom stereocenters. The lowest BCUT2D eigenvalue weighted by atomic mass is 10.1. The van der Waals surface area contributed by atoms with Crippen LogP contribution in [0.15, 0.2) is 53.4 Å². The van der Waals surface area contributed by atoms with Crippen LogP contribution >= 0.6 is 11.8 Å². The summed E-state index contributed by atoms with van der Waals surface area (Å²) in [4.78, 5) is 40.7. The van der Waals surface area contributed by atoms with Crippen molar-refractivity contribution in [1.29, 1.82) is 0 Å². The van der Waals surface area contributed by atoms with Crippen LogP contribution in [-0.4, -0.2) is 50.4 Å². The number of carbonyl (C=O) groups is 3. The quantitative estimate of drug-likeness (QED) is 0.572. The third kappa shape index (κ3) is 5.75. The standard InChI is InChI=1S/C23H26N2O6S2/c1-5-31-22(28)16-9-8-10-17(13-16)25(33(4,29)30)21(27)15-24-18-11-6-7-12-19(18)32-23(2,3)14-20(24)26/h6-13H,5,14-15H2,1-4H3. The number of benzene rings is 2. The summed E-state index contributed by atoms with van der Waals surface area (Å²) < 4.78 is 30.4. The van der Waals surface area contributed by atoms with Crippen LogP contribution in [0.4, 0.5) is 11.4 Å². The minimum Gasteiger partial charge on any atom is -0.462 e. The maximum absolute atomic E-state index is 13.3. The molecule has 2 amide bonds. The van der Waals surface area contributed by atoms with Gasteiger partial charge in [-0.2, -0.15) is 0 Å². The first-order valence-electron chi connectivity index (χ1n) is 10.3. The lowest BCUT2D eigenvalue weighted by Crippen LogP contribution is -2.46. The van der Waals surface area contributed by atoms with Crippen molar-refractivity contribution < 1.29 is 27.5 Å². The smallest absolute Gasteiger partial charge is 0.338 e. The van der Waals surface area contributed by atoms with Crippen molar-refractivity contribution in [2.24, 2.45) is 0 Å². The van der Waals surface area contributed by atoms with Crippen molar-refractivity contribution in [3.05, 3.63) is 54.1 Å². The molecule has 0 unspecified atom stereocenters. The van der Waals surface area contributed by atoms with Gasteiger partial charge in [0.15, 0.2) is 0 Å². The predicted molar refractivity (Wildman–Crippen MR) is 128 cm³/mol. The Bertz CT molecular complexity index is 1190. The first kappa shape index (κ1) is 24.8. The minimum atomic E-state index is -4.06. The lowest BCUT2D eigenvalue weighted by Gasteiger charge is -2.27. The zero-order chi connectivity index (χ0) is 24.4. The average Bonchev–Trinajstić information content (AvgIpc) is 2.80. The molecule has 33 heavy (non-hydrogen) atoms. The summed E-state index contributed by atoms with van der Waals surface area (Å²) in [7, 11) is -4.06. The van der Waals surface area contributed by atoms with E-state index in [1.165, 1.54) is 40.9 Å². The van der Waals surface area contributed by atoms with Crippen LogP contribution < -0.4 is 9.21 Å². The van der Waals surface area contributed by atoms with E-state index >= 15 is 0 Å². The van der Waals surface area contributed by atoms with Gasteiger partial charge in [-0.3, -0.25) is 9.59 Å². The lowest BCUT2D eigenvalue weighted by molar-refractivity contribution is -0.122. The molecule has 0 saturated heterocycles. The van der Waals surface area contributed by atoms with Crippen molar-refractivity contribution in [1.82, 2.24) is 0 Å². The molecule has 0 aromatic heterocycles. The summed E-state index contributed by atoms with van der Waals surface area (Å²) in [5.74, 6) is -1.72. The first-order chi connectivity index (χ1) is 15.4. The molecule has 0 fully saturated rings. The number of para-hydroxylation sites is 1. The highest BCUT2D eigenvalue weighted by Gasteiger charge is 2.36. The Morgan fingerprint density at radius 2 is 1.85 bits per heavy atom. The van der Waals surface area contributed by atoms with E-state index in [-0.39, 0.29) is 30.2 Å². The Morgan fingerprint density at radius 1 is 1.15 bits per heavy atom. The molecule has 8 nitrogen and oxygen atoms in total. The molecule has 3 rings (SSSR count). The first-order valence-corrected chi connectivity index (χ1v) is 13.0. The molecule has 176 valence electrons. The van der Waals surface area contributed by atoms with Crippen LogP contribution in [0.3, 0.4) is 0 Å². The fourth-order valence-electron chi connectivity index (χ4n) is 3.56. The summed E-state index contributed by atoms with van der Waals surface area (Å²) in [5.41, 5.74) is 0.670. The van der Waals surface area contributed by atoms with Crippen molar-refractivity contribution in [3.63, 3.8) is 0 Å². The van der Waals surface area contributed by atoms with Crippen LogP contribution in [0.5, 0.6) is 0 Å². The van der Waals surface area contributed by atoms with E-state index in [4.69, 9.17) is 4.74 Å². The molecular weight excluding hydrogens is 464 g/mol. The number of rotatable bonds is 6. The highest BCUT2D eigenvalue weighted by molar-refractivity contribution is 8.00. The molecule has 1 heterocycles. The summed E-state index contributed by atoms with van der Waals surface area (Å²) in [6.45, 7) is 5.23. The van der Waals surface area contributed by atoms with Gasteiger partial charge in [0.2, 0.25) is 15.9 Å². The summed E-state index contributed by atoms with van der Waals surface area (Å²) in [5, 5.41) is 0.